The molecule has 364 valence electrons. The number of ether oxygens (including phenoxy) is 1. The average molecular weight is 1130 g/mol. The van der Waals surface area contributed by atoms with Crippen molar-refractivity contribution >= 4 is 54.9 Å². The quantitative estimate of drug-likeness (QED) is 0.0953. The van der Waals surface area contributed by atoms with Crippen LogP contribution in [0.4, 0.5) is 0 Å². The van der Waals surface area contributed by atoms with Gasteiger partial charge in [0.1, 0.15) is 11.3 Å². The summed E-state index contributed by atoms with van der Waals surface area (Å²) >= 11 is 0. The van der Waals surface area contributed by atoms with Crippen molar-refractivity contribution in [2.75, 3.05) is 0 Å². The van der Waals surface area contributed by atoms with Gasteiger partial charge in [0, 0.05) is 46.8 Å². The minimum Gasteiger partial charge on any atom is -0.497 e. The molecule has 72 heavy (non-hydrogen) atoms. The molecule has 6 aromatic heterocycles. The maximum Gasteiger partial charge on any atom is 2.00 e. The van der Waals surface area contributed by atoms with Crippen LogP contribution in [0, 0.1) is 12.1 Å². The van der Waals surface area contributed by atoms with Gasteiger partial charge in [-0.05, 0) is 91.8 Å². The van der Waals surface area contributed by atoms with E-state index < -0.39 is 0 Å². The minimum absolute atomic E-state index is 0. The van der Waals surface area contributed by atoms with E-state index in [1.165, 1.54) is 50.1 Å². The zero-order chi connectivity index (χ0) is 49.6. The molecule has 0 N–H and O–H groups in total. The molecule has 0 aliphatic heterocycles. The van der Waals surface area contributed by atoms with Gasteiger partial charge in [0.15, 0.2) is 0 Å². The van der Waals surface area contributed by atoms with E-state index in [1.54, 1.807) is 0 Å². The fraction of sp³-hybridized carbons (Fsp3) is 0.281. The summed E-state index contributed by atoms with van der Waals surface area (Å²) in [6, 6.07) is 44.4. The first-order chi connectivity index (χ1) is 34.2. The molecule has 0 atom stereocenters. The number of fused-ring (bicyclic) bond motifs is 12. The van der Waals surface area contributed by atoms with Crippen molar-refractivity contribution in [2.24, 2.45) is 0 Å². The van der Waals surface area contributed by atoms with Gasteiger partial charge in [0.2, 0.25) is 0 Å². The van der Waals surface area contributed by atoms with Crippen LogP contribution >= 0.6 is 0 Å². The van der Waals surface area contributed by atoms with Crippen molar-refractivity contribution in [3.63, 3.8) is 0 Å². The maximum atomic E-state index is 6.83. The largest absolute Gasteiger partial charge is 2.00 e. The van der Waals surface area contributed by atoms with Gasteiger partial charge in [0.25, 0.3) is 0 Å². The van der Waals surface area contributed by atoms with Gasteiger partial charge in [0.05, 0.1) is 28.4 Å². The molecule has 0 radical (unpaired) electrons. The number of pyridine rings is 4. The second-order valence-electron chi connectivity index (χ2n) is 21.2. The summed E-state index contributed by atoms with van der Waals surface area (Å²) in [6.07, 6.45) is 5.92. The van der Waals surface area contributed by atoms with Crippen LogP contribution in [0.2, 0.25) is 0 Å². The van der Waals surface area contributed by atoms with Crippen molar-refractivity contribution in [1.29, 1.82) is 0 Å². The van der Waals surface area contributed by atoms with Crippen molar-refractivity contribution in [2.45, 2.75) is 119 Å². The monoisotopic (exact) mass is 1130 g/mol. The molecule has 8 heteroatoms. The molecule has 6 heterocycles. The van der Waals surface area contributed by atoms with Gasteiger partial charge in [-0.3, -0.25) is 9.97 Å². The summed E-state index contributed by atoms with van der Waals surface area (Å²) in [7, 11) is 0. The number of imidazole rings is 2. The molecular weight excluding hydrogens is 1060 g/mol. The van der Waals surface area contributed by atoms with Gasteiger partial charge in [-0.2, -0.15) is 0 Å². The number of benzene rings is 5. The van der Waals surface area contributed by atoms with Crippen molar-refractivity contribution in [3.05, 3.63) is 167 Å². The van der Waals surface area contributed by atoms with E-state index in [0.29, 0.717) is 35.2 Å². The zero-order valence-electron chi connectivity index (χ0n) is 43.4. The number of hydrogen-bond acceptors (Lipinski definition) is 5. The van der Waals surface area contributed by atoms with Crippen molar-refractivity contribution in [1.82, 2.24) is 28.7 Å². The van der Waals surface area contributed by atoms with E-state index >= 15 is 0 Å². The molecular formula is C64H62N6OPt. The Labute approximate surface area is 438 Å². The van der Waals surface area contributed by atoms with Crippen LogP contribution in [-0.4, -0.2) is 28.7 Å². The Morgan fingerprint density at radius 1 is 0.389 bits per heavy atom. The van der Waals surface area contributed by atoms with Crippen LogP contribution in [0.15, 0.2) is 122 Å². The maximum absolute atomic E-state index is 6.83. The van der Waals surface area contributed by atoms with Crippen LogP contribution in [0.25, 0.3) is 88.7 Å². The van der Waals surface area contributed by atoms with Gasteiger partial charge in [-0.1, -0.05) is 196 Å². The number of hydrogen-bond donors (Lipinski definition) is 0. The Morgan fingerprint density at radius 2 is 0.778 bits per heavy atom. The summed E-state index contributed by atoms with van der Waals surface area (Å²) in [5.41, 5.74) is 17.7. The standard InChI is InChI=1S/C64H62N6O.Pt/c1-35(2)43-17-13-18-44(36(3)4)58(43)55-29-28-52-50-27-25-42(32-54(50)63-67-34-57(70(63)64(52)68-55)60-47(39(9)10)21-15-22-48(60)40(11)12)71-41-24-26-49-51-23-16-30-65-61(51)69-56(33-66-62(69)53(49)31-41)59-45(37(5)6)19-14-20-46(59)38(7)8;/h13-30,33-40H,1-12H3;/q-2;+2. The Bertz CT molecular complexity index is 3810. The van der Waals surface area contributed by atoms with E-state index in [0.717, 1.165) is 72.0 Å². The fourth-order valence-corrected chi connectivity index (χ4v) is 11.1. The average Bonchev–Trinajstić information content (AvgIpc) is 4.02. The Hall–Kier alpha value is -6.69. The molecule has 0 aliphatic rings. The van der Waals surface area contributed by atoms with E-state index in [1.807, 2.05) is 36.8 Å². The van der Waals surface area contributed by atoms with Gasteiger partial charge >= 0.3 is 21.1 Å². The van der Waals surface area contributed by atoms with Crippen LogP contribution in [0.5, 0.6) is 11.5 Å². The topological polar surface area (TPSA) is 69.6 Å². The third-order valence-electron chi connectivity index (χ3n) is 14.6. The Balaban J connectivity index is 0.00000596. The second kappa shape index (κ2) is 19.1. The number of aromatic nitrogens is 6. The van der Waals surface area contributed by atoms with E-state index in [9.17, 15) is 0 Å². The summed E-state index contributed by atoms with van der Waals surface area (Å²) in [6.45, 7) is 27.2. The van der Waals surface area contributed by atoms with Gasteiger partial charge < -0.3 is 13.5 Å². The minimum atomic E-state index is 0. The van der Waals surface area contributed by atoms with Crippen LogP contribution in [-0.2, 0) is 21.1 Å². The first kappa shape index (κ1) is 48.9. The molecule has 0 saturated heterocycles. The Morgan fingerprint density at radius 3 is 1.21 bits per heavy atom. The summed E-state index contributed by atoms with van der Waals surface area (Å²) in [5, 5.41) is 5.79. The second-order valence-corrected chi connectivity index (χ2v) is 21.2. The van der Waals surface area contributed by atoms with Gasteiger partial charge in [-0.25, -0.2) is 9.97 Å². The normalized spacial score (nSPS) is 12.2. The molecule has 0 bridgehead atoms. The Kier molecular flexibility index (Phi) is 12.9. The molecule has 0 fully saturated rings. The predicted octanol–water partition coefficient (Wildman–Crippen LogP) is 17.5. The molecule has 7 nitrogen and oxygen atoms in total. The summed E-state index contributed by atoms with van der Waals surface area (Å²) in [4.78, 5) is 21.1. The molecule has 0 unspecified atom stereocenters. The summed E-state index contributed by atoms with van der Waals surface area (Å²) < 4.78 is 11.3. The SMILES string of the molecule is CC(C)c1cccc(C(C)C)c1-c1ccc2c3ccc(Oc4[c-]c5c(cc4)c4cccnc4n4c(-c6c(C(C)C)cccc6C(C)C)cnc54)[c-]c3c3ncc(-c4c(C(C)C)cccc4C(C)C)n3c2n1.[Pt+2]. The van der Waals surface area contributed by atoms with Crippen molar-refractivity contribution < 1.29 is 25.8 Å². The van der Waals surface area contributed by atoms with Crippen molar-refractivity contribution in [3.8, 4) is 45.3 Å². The molecule has 11 aromatic rings. The smallest absolute Gasteiger partial charge is 0.497 e. The molecule has 11 rings (SSSR count). The van der Waals surface area contributed by atoms with E-state index in [2.05, 4.69) is 189 Å². The van der Waals surface area contributed by atoms with Crippen LogP contribution in [0.1, 0.15) is 152 Å². The zero-order valence-corrected chi connectivity index (χ0v) is 45.7. The fourth-order valence-electron chi connectivity index (χ4n) is 11.1. The first-order valence-electron chi connectivity index (χ1n) is 25.5. The molecule has 0 saturated carbocycles. The molecule has 5 aromatic carbocycles. The van der Waals surface area contributed by atoms with E-state index in [-0.39, 0.29) is 32.9 Å². The third-order valence-corrected chi connectivity index (χ3v) is 14.6. The van der Waals surface area contributed by atoms with Crippen LogP contribution in [0.3, 0.4) is 0 Å². The number of rotatable bonds is 11. The summed E-state index contributed by atoms with van der Waals surface area (Å²) in [5.74, 6) is 3.00. The third kappa shape index (κ3) is 8.00. The van der Waals surface area contributed by atoms with Gasteiger partial charge in [-0.15, -0.1) is 12.1 Å². The van der Waals surface area contributed by atoms with Crippen LogP contribution < -0.4 is 4.74 Å². The predicted molar refractivity (Wildman–Crippen MR) is 295 cm³/mol. The molecule has 0 aliphatic carbocycles. The first-order valence-corrected chi connectivity index (χ1v) is 25.5. The number of nitrogens with zero attached hydrogens (tertiary/aromatic N) is 6. The molecule has 0 amide bonds. The van der Waals surface area contributed by atoms with E-state index in [4.69, 9.17) is 24.7 Å². The molecule has 0 spiro atoms.